The third-order valence-electron chi connectivity index (χ3n) is 3.05. The Labute approximate surface area is 126 Å². The van der Waals surface area contributed by atoms with Gasteiger partial charge < -0.3 is 10.4 Å². The first-order valence-corrected chi connectivity index (χ1v) is 6.66. The largest absolute Gasteiger partial charge is 0.507 e. The number of carbonyl (C=O) groups excluding carboxylic acids is 1. The van der Waals surface area contributed by atoms with Gasteiger partial charge in [0.25, 0.3) is 5.91 Å². The van der Waals surface area contributed by atoms with Crippen LogP contribution in [0, 0.1) is 0 Å². The van der Waals surface area contributed by atoms with Crippen molar-refractivity contribution in [3.63, 3.8) is 0 Å². The average Bonchev–Trinajstić information content (AvgIpc) is 2.49. The van der Waals surface area contributed by atoms with Crippen LogP contribution < -0.4 is 5.32 Å². The van der Waals surface area contributed by atoms with E-state index in [2.05, 4.69) is 10.3 Å². The molecule has 0 spiro atoms. The fourth-order valence-corrected chi connectivity index (χ4v) is 2.20. The van der Waals surface area contributed by atoms with Crippen molar-refractivity contribution >= 4 is 34.1 Å². The van der Waals surface area contributed by atoms with Crippen LogP contribution in [0.2, 0.25) is 5.02 Å². The first-order valence-electron chi connectivity index (χ1n) is 6.28. The van der Waals surface area contributed by atoms with Crippen LogP contribution in [0.1, 0.15) is 10.4 Å². The van der Waals surface area contributed by atoms with Gasteiger partial charge in [0.1, 0.15) is 5.75 Å². The van der Waals surface area contributed by atoms with Crippen molar-refractivity contribution in [2.24, 2.45) is 0 Å². The van der Waals surface area contributed by atoms with Gasteiger partial charge in [0.05, 0.1) is 23.0 Å². The van der Waals surface area contributed by atoms with Crippen molar-refractivity contribution in [1.29, 1.82) is 0 Å². The van der Waals surface area contributed by atoms with E-state index in [1.165, 1.54) is 18.2 Å². The van der Waals surface area contributed by atoms with Crippen LogP contribution in [-0.4, -0.2) is 16.0 Å². The average molecular weight is 299 g/mol. The second-order valence-corrected chi connectivity index (χ2v) is 4.97. The molecular formula is C16H11ClN2O2. The number of nitrogens with one attached hydrogen (secondary N) is 1. The Kier molecular flexibility index (Phi) is 3.46. The number of nitrogens with zero attached hydrogens (tertiary/aromatic N) is 1. The minimum atomic E-state index is -0.438. The summed E-state index contributed by atoms with van der Waals surface area (Å²) < 4.78 is 0. The summed E-state index contributed by atoms with van der Waals surface area (Å²) in [6, 6.07) is 13.7. The SMILES string of the molecule is O=C(Nc1cnc2ccccc2c1)c1cc(Cl)ccc1O. The molecule has 2 N–H and O–H groups in total. The van der Waals surface area contributed by atoms with Gasteiger partial charge in [0, 0.05) is 10.4 Å². The van der Waals surface area contributed by atoms with E-state index in [1.807, 2.05) is 30.3 Å². The number of rotatable bonds is 2. The van der Waals surface area contributed by atoms with Crippen LogP contribution >= 0.6 is 11.6 Å². The zero-order valence-corrected chi connectivity index (χ0v) is 11.6. The van der Waals surface area contributed by atoms with Crippen molar-refractivity contribution in [3.05, 3.63) is 65.3 Å². The normalized spacial score (nSPS) is 10.5. The van der Waals surface area contributed by atoms with Gasteiger partial charge in [-0.1, -0.05) is 29.8 Å². The van der Waals surface area contributed by atoms with E-state index in [1.54, 1.807) is 6.20 Å². The molecule has 0 aliphatic rings. The quantitative estimate of drug-likeness (QED) is 0.755. The number of hydrogen-bond acceptors (Lipinski definition) is 3. The van der Waals surface area contributed by atoms with Gasteiger partial charge in [0.15, 0.2) is 0 Å². The second kappa shape index (κ2) is 5.42. The predicted octanol–water partition coefficient (Wildman–Crippen LogP) is 3.85. The summed E-state index contributed by atoms with van der Waals surface area (Å²) in [4.78, 5) is 16.4. The zero-order chi connectivity index (χ0) is 14.8. The summed E-state index contributed by atoms with van der Waals surface area (Å²) in [5.41, 5.74) is 1.52. The van der Waals surface area contributed by atoms with Crippen molar-refractivity contribution in [2.45, 2.75) is 0 Å². The van der Waals surface area contributed by atoms with E-state index in [-0.39, 0.29) is 11.3 Å². The zero-order valence-electron chi connectivity index (χ0n) is 10.9. The molecule has 0 saturated heterocycles. The minimum absolute atomic E-state index is 0.120. The van der Waals surface area contributed by atoms with Gasteiger partial charge in [-0.05, 0) is 30.3 Å². The summed E-state index contributed by atoms with van der Waals surface area (Å²) in [6.45, 7) is 0. The first kappa shape index (κ1) is 13.4. The molecule has 1 amide bonds. The summed E-state index contributed by atoms with van der Waals surface area (Å²) in [7, 11) is 0. The van der Waals surface area contributed by atoms with Crippen molar-refractivity contribution in [1.82, 2.24) is 4.98 Å². The maximum Gasteiger partial charge on any atom is 0.259 e. The lowest BCUT2D eigenvalue weighted by atomic mass is 10.1. The molecule has 0 fully saturated rings. The monoisotopic (exact) mass is 298 g/mol. The highest BCUT2D eigenvalue weighted by molar-refractivity contribution is 6.31. The number of benzene rings is 2. The van der Waals surface area contributed by atoms with E-state index in [9.17, 15) is 9.90 Å². The number of aromatic hydroxyl groups is 1. The van der Waals surface area contributed by atoms with Gasteiger partial charge in [-0.3, -0.25) is 9.78 Å². The number of amides is 1. The van der Waals surface area contributed by atoms with Crippen LogP contribution in [0.4, 0.5) is 5.69 Å². The fourth-order valence-electron chi connectivity index (χ4n) is 2.03. The molecule has 21 heavy (non-hydrogen) atoms. The maximum absolute atomic E-state index is 12.2. The van der Waals surface area contributed by atoms with Crippen LogP contribution in [0.5, 0.6) is 5.75 Å². The third kappa shape index (κ3) is 2.80. The molecule has 104 valence electrons. The van der Waals surface area contributed by atoms with Crippen molar-refractivity contribution in [3.8, 4) is 5.75 Å². The van der Waals surface area contributed by atoms with Gasteiger partial charge >= 0.3 is 0 Å². The number of carbonyl (C=O) groups is 1. The molecule has 0 radical (unpaired) electrons. The summed E-state index contributed by atoms with van der Waals surface area (Å²) in [5, 5.41) is 13.7. The Bertz CT molecular complexity index is 833. The lowest BCUT2D eigenvalue weighted by Crippen LogP contribution is -2.12. The molecule has 0 saturated carbocycles. The van der Waals surface area contributed by atoms with Crippen molar-refractivity contribution < 1.29 is 9.90 Å². The Balaban J connectivity index is 1.90. The molecule has 4 nitrogen and oxygen atoms in total. The smallest absolute Gasteiger partial charge is 0.259 e. The molecule has 5 heteroatoms. The lowest BCUT2D eigenvalue weighted by molar-refractivity contribution is 0.102. The molecule has 0 atom stereocenters. The fraction of sp³-hybridized carbons (Fsp3) is 0. The van der Waals surface area contributed by atoms with Gasteiger partial charge in [0.2, 0.25) is 0 Å². The summed E-state index contributed by atoms with van der Waals surface area (Å²) in [5.74, 6) is -0.558. The second-order valence-electron chi connectivity index (χ2n) is 4.53. The first-order chi connectivity index (χ1) is 10.1. The number of phenolic OH excluding ortho intramolecular Hbond substituents is 1. The topological polar surface area (TPSA) is 62.2 Å². The number of hydrogen-bond donors (Lipinski definition) is 2. The molecule has 1 aromatic heterocycles. The van der Waals surface area contributed by atoms with E-state index in [0.717, 1.165) is 10.9 Å². The van der Waals surface area contributed by atoms with Crippen molar-refractivity contribution in [2.75, 3.05) is 5.32 Å². The standard InChI is InChI=1S/C16H11ClN2O2/c17-11-5-6-15(20)13(8-11)16(21)19-12-7-10-3-1-2-4-14(10)18-9-12/h1-9,20H,(H,19,21). The highest BCUT2D eigenvalue weighted by atomic mass is 35.5. The molecule has 0 aliphatic carbocycles. The molecule has 0 unspecified atom stereocenters. The van der Waals surface area contributed by atoms with Crippen LogP contribution in [-0.2, 0) is 0 Å². The number of aromatic nitrogens is 1. The van der Waals surface area contributed by atoms with E-state index < -0.39 is 5.91 Å². The molecule has 1 heterocycles. The van der Waals surface area contributed by atoms with Gasteiger partial charge in [-0.25, -0.2) is 0 Å². The molecule has 2 aromatic carbocycles. The van der Waals surface area contributed by atoms with Gasteiger partial charge in [-0.2, -0.15) is 0 Å². The van der Waals surface area contributed by atoms with Gasteiger partial charge in [-0.15, -0.1) is 0 Å². The number of para-hydroxylation sites is 1. The third-order valence-corrected chi connectivity index (χ3v) is 3.29. The van der Waals surface area contributed by atoms with E-state index >= 15 is 0 Å². The molecule has 3 aromatic rings. The Morgan fingerprint density at radius 2 is 1.95 bits per heavy atom. The summed E-state index contributed by atoms with van der Waals surface area (Å²) >= 11 is 5.84. The molecule has 0 bridgehead atoms. The predicted molar refractivity (Wildman–Crippen MR) is 82.8 cm³/mol. The van der Waals surface area contributed by atoms with Crippen LogP contribution in [0.25, 0.3) is 10.9 Å². The highest BCUT2D eigenvalue weighted by Crippen LogP contribution is 2.23. The Morgan fingerprint density at radius 1 is 1.14 bits per heavy atom. The Morgan fingerprint density at radius 3 is 2.81 bits per heavy atom. The highest BCUT2D eigenvalue weighted by Gasteiger charge is 2.12. The van der Waals surface area contributed by atoms with Crippen LogP contribution in [0.3, 0.4) is 0 Å². The van der Waals surface area contributed by atoms with E-state index in [0.29, 0.717) is 10.7 Å². The summed E-state index contributed by atoms with van der Waals surface area (Å²) in [6.07, 6.45) is 1.57. The van der Waals surface area contributed by atoms with Crippen LogP contribution in [0.15, 0.2) is 54.7 Å². The lowest BCUT2D eigenvalue weighted by Gasteiger charge is -2.08. The number of halogens is 1. The molecule has 0 aliphatic heterocycles. The number of pyridine rings is 1. The Hall–Kier alpha value is -2.59. The minimum Gasteiger partial charge on any atom is -0.507 e. The number of phenols is 1. The molecular weight excluding hydrogens is 288 g/mol. The molecule has 3 rings (SSSR count). The number of fused-ring (bicyclic) bond motifs is 1. The van der Waals surface area contributed by atoms with E-state index in [4.69, 9.17) is 11.6 Å². The number of anilines is 1. The maximum atomic E-state index is 12.2.